The van der Waals surface area contributed by atoms with E-state index in [1.54, 1.807) is 11.8 Å². The molecule has 1 aromatic heterocycles. The second-order valence-electron chi connectivity index (χ2n) is 4.21. The Morgan fingerprint density at radius 3 is 2.94 bits per heavy atom. The maximum absolute atomic E-state index is 13.5. The van der Waals surface area contributed by atoms with Gasteiger partial charge in [-0.15, -0.1) is 0 Å². The number of rotatable bonds is 4. The summed E-state index contributed by atoms with van der Waals surface area (Å²) in [6, 6.07) is 2.90. The lowest BCUT2D eigenvalue weighted by Crippen LogP contribution is -2.07. The Morgan fingerprint density at radius 2 is 2.28 bits per heavy atom. The lowest BCUT2D eigenvalue weighted by Gasteiger charge is -2.10. The van der Waals surface area contributed by atoms with Crippen molar-refractivity contribution in [2.75, 3.05) is 12.0 Å². The van der Waals surface area contributed by atoms with E-state index in [9.17, 15) is 4.39 Å². The number of hydrogen-bond donors (Lipinski definition) is 1. The van der Waals surface area contributed by atoms with Crippen LogP contribution in [0.3, 0.4) is 0 Å². The Kier molecular flexibility index (Phi) is 4.02. The number of hydrogen-bond acceptors (Lipinski definition) is 3. The van der Waals surface area contributed by atoms with E-state index in [1.807, 2.05) is 4.57 Å². The number of halogens is 2. The van der Waals surface area contributed by atoms with Crippen LogP contribution in [0.2, 0.25) is 5.02 Å². The molecule has 18 heavy (non-hydrogen) atoms. The number of thioether (sulfide) groups is 1. The standard InChI is InChI=1S/C12H15ClFN3S/c1-7(18-2)3-4-17-11-6-9(14)8(13)5-10(11)16-12(17)15/h5-7H,3-4H2,1-2H3,(H2,15,16). The van der Waals surface area contributed by atoms with Gasteiger partial charge in [-0.2, -0.15) is 11.8 Å². The molecule has 0 radical (unpaired) electrons. The molecule has 98 valence electrons. The van der Waals surface area contributed by atoms with Crippen LogP contribution in [0.1, 0.15) is 13.3 Å². The molecule has 2 aromatic rings. The van der Waals surface area contributed by atoms with Gasteiger partial charge in [0.15, 0.2) is 0 Å². The average Bonchev–Trinajstić information content (AvgIpc) is 2.62. The molecular weight excluding hydrogens is 273 g/mol. The molecule has 1 aromatic carbocycles. The zero-order valence-corrected chi connectivity index (χ0v) is 11.9. The molecule has 2 rings (SSSR count). The van der Waals surface area contributed by atoms with Gasteiger partial charge in [0.1, 0.15) is 5.82 Å². The molecule has 6 heteroatoms. The highest BCUT2D eigenvalue weighted by molar-refractivity contribution is 7.99. The smallest absolute Gasteiger partial charge is 0.201 e. The summed E-state index contributed by atoms with van der Waals surface area (Å²) in [5, 5.41) is 0.601. The van der Waals surface area contributed by atoms with E-state index in [1.165, 1.54) is 12.1 Å². The lowest BCUT2D eigenvalue weighted by molar-refractivity contribution is 0.626. The third kappa shape index (κ3) is 2.57. The number of aryl methyl sites for hydroxylation is 1. The van der Waals surface area contributed by atoms with Crippen LogP contribution in [0, 0.1) is 5.82 Å². The Hall–Kier alpha value is -0.940. The highest BCUT2D eigenvalue weighted by Crippen LogP contribution is 2.25. The van der Waals surface area contributed by atoms with E-state index in [4.69, 9.17) is 17.3 Å². The largest absolute Gasteiger partial charge is 0.369 e. The van der Waals surface area contributed by atoms with Gasteiger partial charge in [-0.25, -0.2) is 9.37 Å². The minimum absolute atomic E-state index is 0.0737. The molecule has 0 saturated heterocycles. The Balaban J connectivity index is 2.37. The summed E-state index contributed by atoms with van der Waals surface area (Å²) >= 11 is 7.52. The number of imidazole rings is 1. The molecule has 1 atom stereocenters. The van der Waals surface area contributed by atoms with Crippen molar-refractivity contribution < 1.29 is 4.39 Å². The van der Waals surface area contributed by atoms with Gasteiger partial charge in [0.25, 0.3) is 0 Å². The normalized spacial score (nSPS) is 13.1. The van der Waals surface area contributed by atoms with E-state index in [0.29, 0.717) is 22.2 Å². The molecule has 0 fully saturated rings. The lowest BCUT2D eigenvalue weighted by atomic mass is 10.3. The van der Waals surface area contributed by atoms with Gasteiger partial charge in [0.05, 0.1) is 16.1 Å². The second kappa shape index (κ2) is 5.36. The fraction of sp³-hybridized carbons (Fsp3) is 0.417. The van der Waals surface area contributed by atoms with Crippen molar-refractivity contribution >= 4 is 40.3 Å². The van der Waals surface area contributed by atoms with E-state index >= 15 is 0 Å². The third-order valence-corrected chi connectivity index (χ3v) is 4.31. The van der Waals surface area contributed by atoms with Crippen molar-refractivity contribution in [2.45, 2.75) is 25.1 Å². The summed E-state index contributed by atoms with van der Waals surface area (Å²) in [6.07, 6.45) is 3.03. The van der Waals surface area contributed by atoms with Gasteiger partial charge in [0.2, 0.25) is 5.95 Å². The molecule has 3 nitrogen and oxygen atoms in total. The molecule has 0 amide bonds. The van der Waals surface area contributed by atoms with Crippen LogP contribution in [0.15, 0.2) is 12.1 Å². The van der Waals surface area contributed by atoms with Crippen molar-refractivity contribution in [3.05, 3.63) is 23.0 Å². The van der Waals surface area contributed by atoms with Gasteiger partial charge >= 0.3 is 0 Å². The first-order valence-corrected chi connectivity index (χ1v) is 7.33. The first kappa shape index (κ1) is 13.5. The third-order valence-electron chi connectivity index (χ3n) is 2.98. The van der Waals surface area contributed by atoms with E-state index in [-0.39, 0.29) is 5.02 Å². The second-order valence-corrected chi connectivity index (χ2v) is 5.90. The SMILES string of the molecule is CSC(C)CCn1c(N)nc2cc(Cl)c(F)cc21. The van der Waals surface area contributed by atoms with Gasteiger partial charge in [-0.3, -0.25) is 0 Å². The van der Waals surface area contributed by atoms with Crippen molar-refractivity contribution in [1.82, 2.24) is 9.55 Å². The van der Waals surface area contributed by atoms with Gasteiger partial charge in [0, 0.05) is 17.9 Å². The number of aromatic nitrogens is 2. The summed E-state index contributed by atoms with van der Waals surface area (Å²) in [7, 11) is 0. The molecule has 0 aliphatic heterocycles. The fourth-order valence-electron chi connectivity index (χ4n) is 1.80. The molecule has 0 bridgehead atoms. The molecule has 0 aliphatic carbocycles. The van der Waals surface area contributed by atoms with E-state index in [2.05, 4.69) is 18.2 Å². The van der Waals surface area contributed by atoms with E-state index < -0.39 is 5.82 Å². The predicted molar refractivity (Wildman–Crippen MR) is 76.7 cm³/mol. The number of anilines is 1. The summed E-state index contributed by atoms with van der Waals surface area (Å²) < 4.78 is 15.3. The van der Waals surface area contributed by atoms with Crippen LogP contribution < -0.4 is 5.73 Å². The van der Waals surface area contributed by atoms with Crippen molar-refractivity contribution in [2.24, 2.45) is 0 Å². The highest BCUT2D eigenvalue weighted by atomic mass is 35.5. The topological polar surface area (TPSA) is 43.8 Å². The average molecular weight is 288 g/mol. The number of nitrogen functional groups attached to an aromatic ring is 1. The quantitative estimate of drug-likeness (QED) is 0.935. The summed E-state index contributed by atoms with van der Waals surface area (Å²) in [6.45, 7) is 2.88. The first-order chi connectivity index (χ1) is 8.52. The Labute approximate surface area is 115 Å². The molecular formula is C12H15ClFN3S. The molecule has 1 unspecified atom stereocenters. The Bertz CT molecular complexity index is 570. The van der Waals surface area contributed by atoms with Gasteiger partial charge < -0.3 is 10.3 Å². The van der Waals surface area contributed by atoms with Crippen LogP contribution in [0.25, 0.3) is 11.0 Å². The van der Waals surface area contributed by atoms with Gasteiger partial charge in [-0.05, 0) is 18.7 Å². The van der Waals surface area contributed by atoms with Gasteiger partial charge in [-0.1, -0.05) is 18.5 Å². The molecule has 1 heterocycles. The maximum Gasteiger partial charge on any atom is 0.201 e. The van der Waals surface area contributed by atoms with Crippen LogP contribution in [-0.4, -0.2) is 21.1 Å². The van der Waals surface area contributed by atoms with E-state index in [0.717, 1.165) is 13.0 Å². The zero-order valence-electron chi connectivity index (χ0n) is 10.3. The minimum Gasteiger partial charge on any atom is -0.369 e. The predicted octanol–water partition coefficient (Wildman–Crippen LogP) is 3.55. The zero-order chi connectivity index (χ0) is 13.3. The number of fused-ring (bicyclic) bond motifs is 1. The number of nitrogens with zero attached hydrogens (tertiary/aromatic N) is 2. The van der Waals surface area contributed by atoms with Crippen molar-refractivity contribution in [3.8, 4) is 0 Å². The monoisotopic (exact) mass is 287 g/mol. The summed E-state index contributed by atoms with van der Waals surface area (Å²) in [4.78, 5) is 4.20. The minimum atomic E-state index is -0.441. The maximum atomic E-state index is 13.5. The number of nitrogens with two attached hydrogens (primary N) is 1. The first-order valence-electron chi connectivity index (χ1n) is 5.66. The van der Waals surface area contributed by atoms with Crippen molar-refractivity contribution in [1.29, 1.82) is 0 Å². The highest BCUT2D eigenvalue weighted by Gasteiger charge is 2.12. The van der Waals surface area contributed by atoms with Crippen LogP contribution in [0.5, 0.6) is 0 Å². The fourth-order valence-corrected chi connectivity index (χ4v) is 2.30. The molecule has 2 N–H and O–H groups in total. The molecule has 0 saturated carbocycles. The Morgan fingerprint density at radius 1 is 1.56 bits per heavy atom. The molecule has 0 spiro atoms. The van der Waals surface area contributed by atoms with Crippen LogP contribution >= 0.6 is 23.4 Å². The molecule has 0 aliphatic rings. The summed E-state index contributed by atoms with van der Waals surface area (Å²) in [5.74, 6) is -0.0387. The van der Waals surface area contributed by atoms with Crippen LogP contribution in [0.4, 0.5) is 10.3 Å². The number of benzene rings is 1. The van der Waals surface area contributed by atoms with Crippen molar-refractivity contribution in [3.63, 3.8) is 0 Å². The summed E-state index contributed by atoms with van der Waals surface area (Å²) in [5.41, 5.74) is 7.19. The van der Waals surface area contributed by atoms with Crippen LogP contribution in [-0.2, 0) is 6.54 Å².